The Morgan fingerprint density at radius 1 is 1.18 bits per heavy atom. The Morgan fingerprint density at radius 2 is 1.94 bits per heavy atom. The Hall–Kier alpha value is -1.28. The number of rotatable bonds is 3. The molecule has 1 heterocycles. The second-order valence-corrected chi connectivity index (χ2v) is 4.59. The molecule has 2 rings (SSSR count). The summed E-state index contributed by atoms with van der Waals surface area (Å²) in [4.78, 5) is 0. The van der Waals surface area contributed by atoms with Crippen molar-refractivity contribution in [3.8, 4) is 5.69 Å². The van der Waals surface area contributed by atoms with Crippen molar-refractivity contribution in [3.63, 3.8) is 0 Å². The molecule has 0 unspecified atom stereocenters. The van der Waals surface area contributed by atoms with Crippen LogP contribution in [0.25, 0.3) is 5.69 Å². The van der Waals surface area contributed by atoms with E-state index in [1.165, 1.54) is 5.69 Å². The van der Waals surface area contributed by atoms with Crippen LogP contribution in [0.5, 0.6) is 0 Å². The van der Waals surface area contributed by atoms with Crippen LogP contribution in [0.3, 0.4) is 0 Å². The second-order valence-electron chi connectivity index (χ2n) is 4.18. The van der Waals surface area contributed by atoms with Crippen LogP contribution in [0.4, 0.5) is 0 Å². The predicted octanol–water partition coefficient (Wildman–Crippen LogP) is 3.96. The Morgan fingerprint density at radius 3 is 2.53 bits per heavy atom. The maximum Gasteiger partial charge on any atom is 0.0663 e. The van der Waals surface area contributed by atoms with Crippen molar-refractivity contribution in [3.05, 3.63) is 46.2 Å². The summed E-state index contributed by atoms with van der Waals surface area (Å²) in [5.41, 5.74) is 4.48. The minimum atomic E-state index is 0.790. The molecule has 17 heavy (non-hydrogen) atoms. The fraction of sp³-hybridized carbons (Fsp3) is 0.357. The number of nitrogens with zero attached hydrogens (tertiary/aromatic N) is 2. The van der Waals surface area contributed by atoms with Crippen LogP contribution in [0.1, 0.15) is 30.8 Å². The van der Waals surface area contributed by atoms with Gasteiger partial charge in [0.05, 0.1) is 11.4 Å². The minimum absolute atomic E-state index is 0.790. The summed E-state index contributed by atoms with van der Waals surface area (Å²) in [6.45, 7) is 6.27. The van der Waals surface area contributed by atoms with Gasteiger partial charge in [-0.05, 0) is 43.5 Å². The number of halogens is 1. The monoisotopic (exact) mass is 248 g/mol. The van der Waals surface area contributed by atoms with Gasteiger partial charge in [0.25, 0.3) is 0 Å². The van der Waals surface area contributed by atoms with E-state index in [2.05, 4.69) is 31.1 Å². The van der Waals surface area contributed by atoms with Crippen molar-refractivity contribution >= 4 is 11.6 Å². The van der Waals surface area contributed by atoms with E-state index in [1.54, 1.807) is 0 Å². The Kier molecular flexibility index (Phi) is 3.53. The first-order valence-corrected chi connectivity index (χ1v) is 6.37. The molecular weight excluding hydrogens is 232 g/mol. The third-order valence-corrected chi connectivity index (χ3v) is 3.37. The first-order chi connectivity index (χ1) is 8.15. The molecule has 2 nitrogen and oxygen atoms in total. The van der Waals surface area contributed by atoms with Gasteiger partial charge in [-0.25, -0.2) is 4.68 Å². The van der Waals surface area contributed by atoms with Crippen molar-refractivity contribution in [1.29, 1.82) is 0 Å². The quantitative estimate of drug-likeness (QED) is 0.804. The van der Waals surface area contributed by atoms with Gasteiger partial charge in [-0.2, -0.15) is 5.10 Å². The van der Waals surface area contributed by atoms with Gasteiger partial charge in [0.1, 0.15) is 0 Å². The number of benzene rings is 1. The molecule has 0 saturated carbocycles. The number of hydrogen-bond acceptors (Lipinski definition) is 1. The second kappa shape index (κ2) is 4.92. The fourth-order valence-corrected chi connectivity index (χ4v) is 2.01. The number of hydrogen-bond donors (Lipinski definition) is 0. The summed E-state index contributed by atoms with van der Waals surface area (Å²) in [5, 5.41) is 5.39. The molecule has 3 heteroatoms. The van der Waals surface area contributed by atoms with E-state index in [0.29, 0.717) is 0 Å². The Balaban J connectivity index is 2.51. The van der Waals surface area contributed by atoms with E-state index in [-0.39, 0.29) is 0 Å². The smallest absolute Gasteiger partial charge is 0.0663 e. The lowest BCUT2D eigenvalue weighted by molar-refractivity contribution is 0.794. The van der Waals surface area contributed by atoms with Crippen LogP contribution in [0, 0.1) is 6.92 Å². The lowest BCUT2D eigenvalue weighted by Crippen LogP contribution is -2.01. The maximum atomic E-state index is 6.16. The molecule has 2 aromatic rings. The Bertz CT molecular complexity index is 529. The fourth-order valence-electron chi connectivity index (χ4n) is 1.84. The first-order valence-electron chi connectivity index (χ1n) is 6.00. The average molecular weight is 249 g/mol. The van der Waals surface area contributed by atoms with Crippen molar-refractivity contribution in [2.75, 3.05) is 0 Å². The van der Waals surface area contributed by atoms with Crippen LogP contribution in [-0.2, 0) is 12.8 Å². The zero-order valence-corrected chi connectivity index (χ0v) is 11.3. The highest BCUT2D eigenvalue weighted by Crippen LogP contribution is 2.21. The Labute approximate surface area is 107 Å². The van der Waals surface area contributed by atoms with E-state index < -0.39 is 0 Å². The van der Waals surface area contributed by atoms with Crippen molar-refractivity contribution in [2.24, 2.45) is 0 Å². The van der Waals surface area contributed by atoms with Crippen molar-refractivity contribution in [2.45, 2.75) is 33.6 Å². The van der Waals surface area contributed by atoms with Crippen LogP contribution in [0.2, 0.25) is 5.02 Å². The number of aryl methyl sites for hydroxylation is 3. The topological polar surface area (TPSA) is 17.8 Å². The van der Waals surface area contributed by atoms with Gasteiger partial charge in [0.15, 0.2) is 0 Å². The molecule has 0 fully saturated rings. The number of aromatic nitrogens is 2. The maximum absolute atomic E-state index is 6.16. The molecule has 0 bridgehead atoms. The standard InChI is InChI=1S/C14H17ClN2/c1-4-11-8-12(5-2)17(16-11)13-7-6-10(3)14(15)9-13/h6-9H,4-5H2,1-3H3. The SMILES string of the molecule is CCc1cc(CC)n(-c2ccc(C)c(Cl)c2)n1. The van der Waals surface area contributed by atoms with Gasteiger partial charge in [0, 0.05) is 10.7 Å². The van der Waals surface area contributed by atoms with Gasteiger partial charge in [-0.1, -0.05) is 31.5 Å². The van der Waals surface area contributed by atoms with Gasteiger partial charge in [-0.3, -0.25) is 0 Å². The molecule has 0 saturated heterocycles. The largest absolute Gasteiger partial charge is 0.238 e. The molecular formula is C14H17ClN2. The molecule has 0 radical (unpaired) electrons. The highest BCUT2D eigenvalue weighted by Gasteiger charge is 2.08. The van der Waals surface area contributed by atoms with Crippen molar-refractivity contribution < 1.29 is 0 Å². The molecule has 90 valence electrons. The van der Waals surface area contributed by atoms with Crippen LogP contribution >= 0.6 is 11.6 Å². The molecule has 1 aromatic heterocycles. The van der Waals surface area contributed by atoms with Crippen LogP contribution in [0.15, 0.2) is 24.3 Å². The van der Waals surface area contributed by atoms with E-state index in [0.717, 1.165) is 34.8 Å². The molecule has 1 aromatic carbocycles. The van der Waals surface area contributed by atoms with Gasteiger partial charge < -0.3 is 0 Å². The summed E-state index contributed by atoms with van der Waals surface area (Å²) < 4.78 is 1.99. The summed E-state index contributed by atoms with van der Waals surface area (Å²) in [5.74, 6) is 0. The molecule has 0 N–H and O–H groups in total. The summed E-state index contributed by atoms with van der Waals surface area (Å²) in [6, 6.07) is 8.23. The third-order valence-electron chi connectivity index (χ3n) is 2.96. The van der Waals surface area contributed by atoms with E-state index in [1.807, 2.05) is 23.7 Å². The highest BCUT2D eigenvalue weighted by molar-refractivity contribution is 6.31. The van der Waals surface area contributed by atoms with E-state index in [4.69, 9.17) is 11.6 Å². The summed E-state index contributed by atoms with van der Waals surface area (Å²) >= 11 is 6.16. The normalized spacial score (nSPS) is 10.8. The van der Waals surface area contributed by atoms with Gasteiger partial charge >= 0.3 is 0 Å². The first kappa shape index (κ1) is 12.2. The minimum Gasteiger partial charge on any atom is -0.238 e. The lowest BCUT2D eigenvalue weighted by Gasteiger charge is -2.07. The van der Waals surface area contributed by atoms with Gasteiger partial charge in [0.2, 0.25) is 0 Å². The summed E-state index contributed by atoms with van der Waals surface area (Å²) in [7, 11) is 0. The lowest BCUT2D eigenvalue weighted by atomic mass is 10.2. The zero-order chi connectivity index (χ0) is 12.4. The zero-order valence-electron chi connectivity index (χ0n) is 10.5. The summed E-state index contributed by atoms with van der Waals surface area (Å²) in [6.07, 6.45) is 1.93. The van der Waals surface area contributed by atoms with Gasteiger partial charge in [-0.15, -0.1) is 0 Å². The predicted molar refractivity (Wildman–Crippen MR) is 72.1 cm³/mol. The van der Waals surface area contributed by atoms with Crippen molar-refractivity contribution in [1.82, 2.24) is 9.78 Å². The molecule has 0 aliphatic heterocycles. The highest BCUT2D eigenvalue weighted by atomic mass is 35.5. The molecule has 0 aliphatic carbocycles. The molecule has 0 amide bonds. The molecule has 0 atom stereocenters. The average Bonchev–Trinajstić information content (AvgIpc) is 2.76. The molecule has 0 spiro atoms. The van der Waals surface area contributed by atoms with Crippen LogP contribution < -0.4 is 0 Å². The third kappa shape index (κ3) is 2.37. The van der Waals surface area contributed by atoms with E-state index in [9.17, 15) is 0 Å². The van der Waals surface area contributed by atoms with E-state index >= 15 is 0 Å². The van der Waals surface area contributed by atoms with Crippen LogP contribution in [-0.4, -0.2) is 9.78 Å². The molecule has 0 aliphatic rings.